The molecule has 0 saturated carbocycles. The second kappa shape index (κ2) is 5.69. The number of hydrogen-bond donors (Lipinski definition) is 1. The Morgan fingerprint density at radius 2 is 1.89 bits per heavy atom. The number of nitrogens with zero attached hydrogens (tertiary/aromatic N) is 1. The van der Waals surface area contributed by atoms with Crippen molar-refractivity contribution in [3.63, 3.8) is 0 Å². The van der Waals surface area contributed by atoms with Crippen LogP contribution >= 0.6 is 0 Å². The number of halogens is 1. The van der Waals surface area contributed by atoms with Gasteiger partial charge in [-0.15, -0.1) is 0 Å². The molecule has 1 heterocycles. The Hall–Kier alpha value is -2.10. The summed E-state index contributed by atoms with van der Waals surface area (Å²) in [4.78, 5) is 11.8. The highest BCUT2D eigenvalue weighted by atomic mass is 19.1. The van der Waals surface area contributed by atoms with E-state index in [4.69, 9.17) is 0 Å². The van der Waals surface area contributed by atoms with E-state index in [1.54, 1.807) is 6.07 Å². The molecule has 1 aromatic heterocycles. The van der Waals surface area contributed by atoms with Crippen LogP contribution < -0.4 is 5.32 Å². The molecule has 0 aliphatic rings. The van der Waals surface area contributed by atoms with E-state index in [9.17, 15) is 9.18 Å². The van der Waals surface area contributed by atoms with Gasteiger partial charge in [0.25, 0.3) is 5.91 Å². The van der Waals surface area contributed by atoms with Gasteiger partial charge in [-0.3, -0.25) is 4.79 Å². The molecule has 4 heteroatoms. The summed E-state index contributed by atoms with van der Waals surface area (Å²) in [7, 11) is 0. The van der Waals surface area contributed by atoms with E-state index in [-0.39, 0.29) is 5.91 Å². The van der Waals surface area contributed by atoms with E-state index in [0.717, 1.165) is 11.4 Å². The normalized spacial score (nSPS) is 10.5. The number of carbonyl (C=O) groups is 1. The standard InChI is InChI=1S/C15H17FN2O/c1-11-6-7-12(2)18(11)9-8-17-15(19)13-4-3-5-14(16)10-13/h3-7,10H,8-9H2,1-2H3,(H,17,19). The zero-order chi connectivity index (χ0) is 13.8. The average molecular weight is 260 g/mol. The number of nitrogens with one attached hydrogen (secondary N) is 1. The Kier molecular flexibility index (Phi) is 4.00. The lowest BCUT2D eigenvalue weighted by Gasteiger charge is -2.10. The number of rotatable bonds is 4. The maximum absolute atomic E-state index is 13.0. The van der Waals surface area contributed by atoms with Gasteiger partial charge in [-0.2, -0.15) is 0 Å². The summed E-state index contributed by atoms with van der Waals surface area (Å²) in [5.41, 5.74) is 2.68. The van der Waals surface area contributed by atoms with Crippen molar-refractivity contribution in [3.8, 4) is 0 Å². The van der Waals surface area contributed by atoms with Crippen molar-refractivity contribution in [1.82, 2.24) is 9.88 Å². The summed E-state index contributed by atoms with van der Waals surface area (Å²) in [6, 6.07) is 9.79. The van der Waals surface area contributed by atoms with E-state index >= 15 is 0 Å². The Morgan fingerprint density at radius 1 is 1.21 bits per heavy atom. The van der Waals surface area contributed by atoms with Crippen LogP contribution in [0.25, 0.3) is 0 Å². The topological polar surface area (TPSA) is 34.0 Å². The molecule has 0 unspecified atom stereocenters. The van der Waals surface area contributed by atoms with Crippen LogP contribution in [0.3, 0.4) is 0 Å². The fraction of sp³-hybridized carbons (Fsp3) is 0.267. The fourth-order valence-corrected chi connectivity index (χ4v) is 2.07. The molecule has 0 aliphatic carbocycles. The molecule has 1 amide bonds. The van der Waals surface area contributed by atoms with Crippen LogP contribution in [0.4, 0.5) is 4.39 Å². The third kappa shape index (κ3) is 3.22. The van der Waals surface area contributed by atoms with Crippen LogP contribution in [0.15, 0.2) is 36.4 Å². The molecule has 2 aromatic rings. The van der Waals surface area contributed by atoms with Gasteiger partial charge in [0.2, 0.25) is 0 Å². The predicted octanol–water partition coefficient (Wildman–Crippen LogP) is 2.67. The first-order valence-corrected chi connectivity index (χ1v) is 6.24. The highest BCUT2D eigenvalue weighted by Crippen LogP contribution is 2.06. The van der Waals surface area contributed by atoms with Crippen molar-refractivity contribution < 1.29 is 9.18 Å². The first-order valence-electron chi connectivity index (χ1n) is 6.24. The SMILES string of the molecule is Cc1ccc(C)n1CCNC(=O)c1cccc(F)c1. The van der Waals surface area contributed by atoms with Gasteiger partial charge in [0.15, 0.2) is 0 Å². The van der Waals surface area contributed by atoms with E-state index in [1.165, 1.54) is 18.2 Å². The number of carbonyl (C=O) groups excluding carboxylic acids is 1. The fourth-order valence-electron chi connectivity index (χ4n) is 2.07. The minimum atomic E-state index is -0.398. The minimum Gasteiger partial charge on any atom is -0.350 e. The lowest BCUT2D eigenvalue weighted by Crippen LogP contribution is -2.27. The quantitative estimate of drug-likeness (QED) is 0.901. The number of amides is 1. The van der Waals surface area contributed by atoms with Crippen LogP contribution in [-0.4, -0.2) is 17.0 Å². The van der Waals surface area contributed by atoms with Crippen molar-refractivity contribution in [1.29, 1.82) is 0 Å². The van der Waals surface area contributed by atoms with Gasteiger partial charge in [0.1, 0.15) is 5.82 Å². The van der Waals surface area contributed by atoms with Crippen LogP contribution in [0.5, 0.6) is 0 Å². The summed E-state index contributed by atoms with van der Waals surface area (Å²) in [5.74, 6) is -0.647. The van der Waals surface area contributed by atoms with Crippen molar-refractivity contribution >= 4 is 5.91 Å². The van der Waals surface area contributed by atoms with Crippen molar-refractivity contribution in [2.45, 2.75) is 20.4 Å². The predicted molar refractivity (Wildman–Crippen MR) is 72.6 cm³/mol. The van der Waals surface area contributed by atoms with E-state index in [0.29, 0.717) is 18.7 Å². The molecule has 0 atom stereocenters. The highest BCUT2D eigenvalue weighted by Gasteiger charge is 2.06. The molecule has 1 aromatic carbocycles. The molecule has 0 fully saturated rings. The molecule has 0 radical (unpaired) electrons. The maximum atomic E-state index is 13.0. The van der Waals surface area contributed by atoms with Gasteiger partial charge < -0.3 is 9.88 Å². The van der Waals surface area contributed by atoms with Gasteiger partial charge in [0, 0.05) is 30.0 Å². The molecule has 1 N–H and O–H groups in total. The van der Waals surface area contributed by atoms with Gasteiger partial charge in [0.05, 0.1) is 0 Å². The lowest BCUT2D eigenvalue weighted by molar-refractivity contribution is 0.0951. The lowest BCUT2D eigenvalue weighted by atomic mass is 10.2. The molecule has 19 heavy (non-hydrogen) atoms. The monoisotopic (exact) mass is 260 g/mol. The number of benzene rings is 1. The Balaban J connectivity index is 1.91. The van der Waals surface area contributed by atoms with Crippen LogP contribution in [0.2, 0.25) is 0 Å². The summed E-state index contributed by atoms with van der Waals surface area (Å²) < 4.78 is 15.1. The smallest absolute Gasteiger partial charge is 0.251 e. The Morgan fingerprint density at radius 3 is 2.53 bits per heavy atom. The Labute approximate surface area is 112 Å². The van der Waals surface area contributed by atoms with Crippen LogP contribution in [0, 0.1) is 19.7 Å². The molecule has 2 rings (SSSR count). The third-order valence-electron chi connectivity index (χ3n) is 3.13. The molecule has 3 nitrogen and oxygen atoms in total. The molecule has 0 aliphatic heterocycles. The number of aryl methyl sites for hydroxylation is 2. The van der Waals surface area contributed by atoms with E-state index in [1.807, 2.05) is 26.0 Å². The molecular weight excluding hydrogens is 243 g/mol. The Bertz CT molecular complexity index is 570. The zero-order valence-electron chi connectivity index (χ0n) is 11.1. The van der Waals surface area contributed by atoms with E-state index < -0.39 is 5.82 Å². The summed E-state index contributed by atoms with van der Waals surface area (Å²) in [5, 5.41) is 2.79. The third-order valence-corrected chi connectivity index (χ3v) is 3.13. The maximum Gasteiger partial charge on any atom is 0.251 e. The molecule has 0 saturated heterocycles. The summed E-state index contributed by atoms with van der Waals surface area (Å²) >= 11 is 0. The molecule has 0 spiro atoms. The first kappa shape index (κ1) is 13.3. The van der Waals surface area contributed by atoms with Crippen LogP contribution in [-0.2, 0) is 6.54 Å². The molecule has 0 bridgehead atoms. The number of hydrogen-bond acceptors (Lipinski definition) is 1. The average Bonchev–Trinajstić information content (AvgIpc) is 2.70. The van der Waals surface area contributed by atoms with Gasteiger partial charge in [-0.1, -0.05) is 6.07 Å². The highest BCUT2D eigenvalue weighted by molar-refractivity contribution is 5.94. The van der Waals surface area contributed by atoms with Gasteiger partial charge >= 0.3 is 0 Å². The molecular formula is C15H17FN2O. The number of aromatic nitrogens is 1. The van der Waals surface area contributed by atoms with E-state index in [2.05, 4.69) is 9.88 Å². The summed E-state index contributed by atoms with van der Waals surface area (Å²) in [6.07, 6.45) is 0. The summed E-state index contributed by atoms with van der Waals surface area (Å²) in [6.45, 7) is 5.29. The van der Waals surface area contributed by atoms with Crippen LogP contribution in [0.1, 0.15) is 21.7 Å². The minimum absolute atomic E-state index is 0.248. The van der Waals surface area contributed by atoms with Gasteiger partial charge in [-0.05, 0) is 44.2 Å². The van der Waals surface area contributed by atoms with Crippen molar-refractivity contribution in [2.75, 3.05) is 6.54 Å². The largest absolute Gasteiger partial charge is 0.350 e. The van der Waals surface area contributed by atoms with Crippen molar-refractivity contribution in [3.05, 3.63) is 59.2 Å². The van der Waals surface area contributed by atoms with Crippen molar-refractivity contribution in [2.24, 2.45) is 0 Å². The second-order valence-electron chi connectivity index (χ2n) is 4.53. The zero-order valence-corrected chi connectivity index (χ0v) is 11.1. The van der Waals surface area contributed by atoms with Gasteiger partial charge in [-0.25, -0.2) is 4.39 Å². The molecule has 100 valence electrons. The first-order chi connectivity index (χ1) is 9.08. The second-order valence-corrected chi connectivity index (χ2v) is 4.53.